The van der Waals surface area contributed by atoms with E-state index in [1.807, 2.05) is 6.08 Å². The second kappa shape index (κ2) is 9.17. The van der Waals surface area contributed by atoms with Crippen LogP contribution in [0.25, 0.3) is 6.08 Å². The number of likely N-dealkylation sites (tertiary alicyclic amines) is 1. The number of piperidine rings is 1. The predicted molar refractivity (Wildman–Crippen MR) is 91.7 cm³/mol. The Labute approximate surface area is 141 Å². The van der Waals surface area contributed by atoms with Crippen molar-refractivity contribution < 1.29 is 14.0 Å². The number of hydrogen-bond acceptors (Lipinski definition) is 3. The van der Waals surface area contributed by atoms with E-state index >= 15 is 0 Å². The number of halogens is 1. The van der Waals surface area contributed by atoms with Gasteiger partial charge < -0.3 is 10.6 Å². The molecule has 2 amide bonds. The van der Waals surface area contributed by atoms with Gasteiger partial charge in [-0.3, -0.25) is 14.5 Å². The van der Waals surface area contributed by atoms with E-state index in [2.05, 4.69) is 15.5 Å². The van der Waals surface area contributed by atoms with Crippen molar-refractivity contribution in [3.05, 3.63) is 41.7 Å². The Balaban J connectivity index is 1.68. The van der Waals surface area contributed by atoms with Crippen LogP contribution in [0, 0.1) is 5.82 Å². The molecule has 0 aliphatic carbocycles. The zero-order chi connectivity index (χ0) is 17.4. The molecule has 0 saturated carbocycles. The highest BCUT2D eigenvalue weighted by atomic mass is 19.1. The van der Waals surface area contributed by atoms with Gasteiger partial charge in [-0.1, -0.05) is 24.3 Å². The van der Waals surface area contributed by atoms with Crippen LogP contribution in [0.4, 0.5) is 4.39 Å². The summed E-state index contributed by atoms with van der Waals surface area (Å²) in [7, 11) is 1.63. The number of hydrogen-bond donors (Lipinski definition) is 2. The third-order valence-corrected chi connectivity index (χ3v) is 4.08. The lowest BCUT2D eigenvalue weighted by atomic mass is 10.0. The molecule has 2 N–H and O–H groups in total. The van der Waals surface area contributed by atoms with Crippen LogP contribution < -0.4 is 10.6 Å². The van der Waals surface area contributed by atoms with E-state index in [1.54, 1.807) is 25.3 Å². The molecule has 0 aromatic heterocycles. The van der Waals surface area contributed by atoms with Crippen molar-refractivity contribution in [3.8, 4) is 0 Å². The maximum atomic E-state index is 12.8. The lowest BCUT2D eigenvalue weighted by molar-refractivity contribution is -0.123. The smallest absolute Gasteiger partial charge is 0.233 e. The summed E-state index contributed by atoms with van der Waals surface area (Å²) in [4.78, 5) is 25.4. The molecule has 1 aliphatic rings. The number of nitrogens with one attached hydrogen (secondary N) is 2. The molecule has 1 aliphatic heterocycles. The third kappa shape index (κ3) is 6.12. The Kier molecular flexibility index (Phi) is 6.93. The molecule has 0 radical (unpaired) electrons. The maximum absolute atomic E-state index is 12.8. The Morgan fingerprint density at radius 1 is 1.21 bits per heavy atom. The first-order valence-electron chi connectivity index (χ1n) is 8.21. The van der Waals surface area contributed by atoms with Crippen molar-refractivity contribution in [2.45, 2.75) is 25.3 Å². The molecule has 0 spiro atoms. The highest BCUT2D eigenvalue weighted by Crippen LogP contribution is 2.10. The fourth-order valence-corrected chi connectivity index (χ4v) is 2.68. The van der Waals surface area contributed by atoms with Gasteiger partial charge in [-0.25, -0.2) is 4.39 Å². The van der Waals surface area contributed by atoms with E-state index in [0.717, 1.165) is 31.5 Å². The summed E-state index contributed by atoms with van der Waals surface area (Å²) < 4.78 is 12.8. The first kappa shape index (κ1) is 18.1. The van der Waals surface area contributed by atoms with Crippen LogP contribution in [0.2, 0.25) is 0 Å². The fourth-order valence-electron chi connectivity index (χ4n) is 2.68. The Bertz CT molecular complexity index is 578. The quantitative estimate of drug-likeness (QED) is 0.830. The van der Waals surface area contributed by atoms with Crippen LogP contribution in [-0.2, 0) is 9.59 Å². The maximum Gasteiger partial charge on any atom is 0.233 e. The van der Waals surface area contributed by atoms with Crippen LogP contribution in [-0.4, -0.2) is 49.4 Å². The number of carbonyl (C=O) groups is 2. The molecule has 1 heterocycles. The van der Waals surface area contributed by atoms with Gasteiger partial charge in [-0.05, 0) is 30.5 Å². The molecule has 130 valence electrons. The van der Waals surface area contributed by atoms with Crippen molar-refractivity contribution in [3.63, 3.8) is 0 Å². The van der Waals surface area contributed by atoms with Gasteiger partial charge in [-0.2, -0.15) is 0 Å². The molecular formula is C18H24FN3O2. The second-order valence-corrected chi connectivity index (χ2v) is 5.95. The Morgan fingerprint density at radius 2 is 1.88 bits per heavy atom. The van der Waals surface area contributed by atoms with Gasteiger partial charge in [0.15, 0.2) is 0 Å². The van der Waals surface area contributed by atoms with Crippen LogP contribution in [0.3, 0.4) is 0 Å². The molecule has 24 heavy (non-hydrogen) atoms. The first-order chi connectivity index (χ1) is 11.6. The average molecular weight is 333 g/mol. The lowest BCUT2D eigenvalue weighted by Crippen LogP contribution is -2.47. The molecule has 0 unspecified atom stereocenters. The minimum Gasteiger partial charge on any atom is -0.358 e. The van der Waals surface area contributed by atoms with Crippen molar-refractivity contribution in [2.24, 2.45) is 0 Å². The predicted octanol–water partition coefficient (Wildman–Crippen LogP) is 1.56. The summed E-state index contributed by atoms with van der Waals surface area (Å²) in [5.41, 5.74) is 0.867. The monoisotopic (exact) mass is 333 g/mol. The topological polar surface area (TPSA) is 61.4 Å². The number of amides is 2. The zero-order valence-corrected chi connectivity index (χ0v) is 13.9. The second-order valence-electron chi connectivity index (χ2n) is 5.95. The minimum atomic E-state index is -0.271. The molecule has 6 heteroatoms. The van der Waals surface area contributed by atoms with E-state index in [0.29, 0.717) is 13.0 Å². The van der Waals surface area contributed by atoms with Gasteiger partial charge in [0.25, 0.3) is 0 Å². The lowest BCUT2D eigenvalue weighted by Gasteiger charge is -2.31. The summed E-state index contributed by atoms with van der Waals surface area (Å²) >= 11 is 0. The van der Waals surface area contributed by atoms with E-state index in [1.165, 1.54) is 12.1 Å². The number of benzene rings is 1. The highest BCUT2D eigenvalue weighted by molar-refractivity contribution is 5.79. The SMILES string of the molecule is CNC(=O)CN1CCC(NC(=O)CC=Cc2ccc(F)cc2)CC1. The summed E-state index contributed by atoms with van der Waals surface area (Å²) in [6, 6.07) is 6.30. The van der Waals surface area contributed by atoms with Crippen molar-refractivity contribution >= 4 is 17.9 Å². The number of rotatable bonds is 6. The van der Waals surface area contributed by atoms with Crippen molar-refractivity contribution in [1.29, 1.82) is 0 Å². The summed E-state index contributed by atoms with van der Waals surface area (Å²) in [5.74, 6) is -0.269. The summed E-state index contributed by atoms with van der Waals surface area (Å²) in [5, 5.41) is 5.64. The van der Waals surface area contributed by atoms with Crippen molar-refractivity contribution in [2.75, 3.05) is 26.7 Å². The average Bonchev–Trinajstić information content (AvgIpc) is 2.58. The number of carbonyl (C=O) groups excluding carboxylic acids is 2. The van der Waals surface area contributed by atoms with Gasteiger partial charge in [0.05, 0.1) is 6.54 Å². The van der Waals surface area contributed by atoms with Crippen LogP contribution >= 0.6 is 0 Å². The van der Waals surface area contributed by atoms with E-state index in [4.69, 9.17) is 0 Å². The Morgan fingerprint density at radius 3 is 2.50 bits per heavy atom. The molecule has 0 atom stereocenters. The van der Waals surface area contributed by atoms with Gasteiger partial charge in [0.1, 0.15) is 5.82 Å². The molecular weight excluding hydrogens is 309 g/mol. The van der Waals surface area contributed by atoms with Crippen LogP contribution in [0.5, 0.6) is 0 Å². The standard InChI is InChI=1S/C18H24FN3O2/c1-20-18(24)13-22-11-9-16(10-12-22)21-17(23)4-2-3-14-5-7-15(19)8-6-14/h2-3,5-8,16H,4,9-13H2,1H3,(H,20,24)(H,21,23). The number of likely N-dealkylation sites (N-methyl/N-ethyl adjacent to an activating group) is 1. The molecule has 1 aromatic rings. The van der Waals surface area contributed by atoms with E-state index < -0.39 is 0 Å². The van der Waals surface area contributed by atoms with E-state index in [9.17, 15) is 14.0 Å². The number of nitrogens with zero attached hydrogens (tertiary/aromatic N) is 1. The van der Waals surface area contributed by atoms with Crippen LogP contribution in [0.15, 0.2) is 30.3 Å². The molecule has 1 fully saturated rings. The van der Waals surface area contributed by atoms with E-state index in [-0.39, 0.29) is 23.7 Å². The first-order valence-corrected chi connectivity index (χ1v) is 8.21. The largest absolute Gasteiger partial charge is 0.358 e. The van der Waals surface area contributed by atoms with Crippen molar-refractivity contribution in [1.82, 2.24) is 15.5 Å². The highest BCUT2D eigenvalue weighted by Gasteiger charge is 2.21. The summed E-state index contributed by atoms with van der Waals surface area (Å²) in [6.45, 7) is 2.03. The molecule has 2 rings (SSSR count). The minimum absolute atomic E-state index is 0.0156. The zero-order valence-electron chi connectivity index (χ0n) is 13.9. The van der Waals surface area contributed by atoms with Crippen LogP contribution in [0.1, 0.15) is 24.8 Å². The molecule has 1 aromatic carbocycles. The summed E-state index contributed by atoms with van der Waals surface area (Å²) in [6.07, 6.45) is 5.60. The third-order valence-electron chi connectivity index (χ3n) is 4.08. The van der Waals surface area contributed by atoms with Gasteiger partial charge in [-0.15, -0.1) is 0 Å². The molecule has 5 nitrogen and oxygen atoms in total. The molecule has 1 saturated heterocycles. The Hall–Kier alpha value is -2.21. The normalized spacial score (nSPS) is 16.2. The van der Waals surface area contributed by atoms with Gasteiger partial charge in [0.2, 0.25) is 11.8 Å². The fraction of sp³-hybridized carbons (Fsp3) is 0.444. The van der Waals surface area contributed by atoms with Gasteiger partial charge >= 0.3 is 0 Å². The van der Waals surface area contributed by atoms with Gasteiger partial charge in [0, 0.05) is 32.6 Å². The molecule has 0 bridgehead atoms.